The van der Waals surface area contributed by atoms with Crippen LogP contribution in [-0.4, -0.2) is 40.5 Å². The molecule has 2 saturated heterocycles. The van der Waals surface area contributed by atoms with Crippen LogP contribution in [0.1, 0.15) is 12.8 Å². The average Bonchev–Trinajstić information content (AvgIpc) is 2.33. The zero-order valence-corrected chi connectivity index (χ0v) is 7.51. The molecular formula is C7H11FN2OS. The van der Waals surface area contributed by atoms with Crippen LogP contribution in [-0.2, 0) is 0 Å². The highest BCUT2D eigenvalue weighted by molar-refractivity contribution is 7.78. The lowest BCUT2D eigenvalue weighted by Gasteiger charge is -2.28. The number of fused-ring (bicyclic) bond motifs is 2. The molecule has 2 atom stereocenters. The highest BCUT2D eigenvalue weighted by Crippen LogP contribution is 2.30. The second-order valence-electron chi connectivity index (χ2n) is 3.32. The van der Waals surface area contributed by atoms with Crippen LogP contribution in [0, 0.1) is 0 Å². The van der Waals surface area contributed by atoms with Gasteiger partial charge in [-0.25, -0.2) is 9.18 Å². The van der Waals surface area contributed by atoms with E-state index in [9.17, 15) is 9.18 Å². The first-order chi connectivity index (χ1) is 5.74. The number of thiol groups is 1. The Labute approximate surface area is 76.1 Å². The lowest BCUT2D eigenvalue weighted by molar-refractivity contribution is 0.165. The molecule has 0 aromatic heterocycles. The molecule has 2 aliphatic heterocycles. The van der Waals surface area contributed by atoms with Crippen LogP contribution in [0.5, 0.6) is 0 Å². The fraction of sp³-hybridized carbons (Fsp3) is 0.857. The summed E-state index contributed by atoms with van der Waals surface area (Å²) in [4.78, 5) is 12.9. The van der Waals surface area contributed by atoms with Crippen LogP contribution >= 0.6 is 12.8 Å². The van der Waals surface area contributed by atoms with Crippen molar-refractivity contribution in [3.63, 3.8) is 0 Å². The minimum absolute atomic E-state index is 0.136. The van der Waals surface area contributed by atoms with Crippen LogP contribution in [0.4, 0.5) is 9.18 Å². The lowest BCUT2D eigenvalue weighted by atomic mass is 10.0. The minimum Gasteiger partial charge on any atom is -0.316 e. The molecule has 0 aliphatic carbocycles. The molecule has 2 amide bonds. The monoisotopic (exact) mass is 190 g/mol. The molecule has 5 heteroatoms. The maximum atomic E-state index is 12.4. The van der Waals surface area contributed by atoms with E-state index in [1.807, 2.05) is 0 Å². The zero-order chi connectivity index (χ0) is 8.72. The first-order valence-electron chi connectivity index (χ1n) is 4.08. The van der Waals surface area contributed by atoms with Gasteiger partial charge in [0.05, 0.1) is 12.1 Å². The molecule has 0 saturated carbocycles. The molecular weight excluding hydrogens is 179 g/mol. The third-order valence-electron chi connectivity index (χ3n) is 2.65. The van der Waals surface area contributed by atoms with Gasteiger partial charge in [-0.3, -0.25) is 4.31 Å². The van der Waals surface area contributed by atoms with Crippen LogP contribution in [0.2, 0.25) is 0 Å². The van der Waals surface area contributed by atoms with Crippen LogP contribution in [0.3, 0.4) is 0 Å². The highest BCUT2D eigenvalue weighted by atomic mass is 32.1. The molecule has 2 heterocycles. The van der Waals surface area contributed by atoms with Gasteiger partial charge in [0, 0.05) is 6.54 Å². The van der Waals surface area contributed by atoms with Crippen molar-refractivity contribution in [3.8, 4) is 0 Å². The van der Waals surface area contributed by atoms with E-state index in [4.69, 9.17) is 0 Å². The number of nitrogens with zero attached hydrogens (tertiary/aromatic N) is 2. The Morgan fingerprint density at radius 2 is 2.33 bits per heavy atom. The molecule has 3 nitrogen and oxygen atoms in total. The first kappa shape index (κ1) is 8.16. The second-order valence-corrected chi connectivity index (χ2v) is 3.75. The molecule has 0 aromatic carbocycles. The van der Waals surface area contributed by atoms with E-state index < -0.39 is 6.67 Å². The van der Waals surface area contributed by atoms with Gasteiger partial charge < -0.3 is 4.90 Å². The van der Waals surface area contributed by atoms with Gasteiger partial charge in [0.25, 0.3) is 0 Å². The number of amides is 2. The minimum atomic E-state index is -0.430. The third-order valence-corrected chi connectivity index (χ3v) is 3.14. The van der Waals surface area contributed by atoms with Gasteiger partial charge in [-0.05, 0) is 12.8 Å². The van der Waals surface area contributed by atoms with E-state index in [-0.39, 0.29) is 18.1 Å². The molecule has 0 unspecified atom stereocenters. The van der Waals surface area contributed by atoms with Crippen molar-refractivity contribution >= 4 is 18.8 Å². The van der Waals surface area contributed by atoms with Gasteiger partial charge in [0.15, 0.2) is 0 Å². The summed E-state index contributed by atoms with van der Waals surface area (Å²) in [6.07, 6.45) is 1.64. The number of halogens is 1. The van der Waals surface area contributed by atoms with Crippen molar-refractivity contribution in [1.29, 1.82) is 0 Å². The molecule has 12 heavy (non-hydrogen) atoms. The van der Waals surface area contributed by atoms with Crippen molar-refractivity contribution in [1.82, 2.24) is 9.21 Å². The second kappa shape index (κ2) is 2.80. The summed E-state index contributed by atoms with van der Waals surface area (Å²) >= 11 is 4.06. The van der Waals surface area contributed by atoms with Crippen LogP contribution in [0.25, 0.3) is 0 Å². The number of rotatable bonds is 1. The van der Waals surface area contributed by atoms with E-state index in [0.717, 1.165) is 12.8 Å². The normalized spacial score (nSPS) is 34.7. The largest absolute Gasteiger partial charge is 0.330 e. The van der Waals surface area contributed by atoms with Gasteiger partial charge in [0.1, 0.15) is 6.67 Å². The molecule has 0 radical (unpaired) electrons. The molecule has 2 aliphatic rings. The molecule has 0 spiro atoms. The number of hydrogen-bond acceptors (Lipinski definition) is 2. The molecule has 2 fully saturated rings. The number of alkyl halides is 1. The summed E-state index contributed by atoms with van der Waals surface area (Å²) < 4.78 is 13.8. The van der Waals surface area contributed by atoms with Crippen molar-refractivity contribution < 1.29 is 9.18 Å². The van der Waals surface area contributed by atoms with Crippen molar-refractivity contribution in [2.24, 2.45) is 0 Å². The van der Waals surface area contributed by atoms with Gasteiger partial charge in [-0.1, -0.05) is 12.8 Å². The third kappa shape index (κ3) is 0.990. The average molecular weight is 190 g/mol. The first-order valence-corrected chi connectivity index (χ1v) is 4.48. The Morgan fingerprint density at radius 1 is 1.58 bits per heavy atom. The number of hydrogen-bond donors (Lipinski definition) is 1. The quantitative estimate of drug-likeness (QED) is 0.614. The highest BCUT2D eigenvalue weighted by Gasteiger charge is 2.43. The fourth-order valence-corrected chi connectivity index (χ4v) is 2.19. The number of piperidine rings is 1. The summed E-state index contributed by atoms with van der Waals surface area (Å²) in [5, 5.41) is 0. The van der Waals surface area contributed by atoms with E-state index in [0.29, 0.717) is 6.54 Å². The SMILES string of the molecule is O=C1N(S)[C@@H]2CC[C@@H](CF)N1C2. The topological polar surface area (TPSA) is 23.6 Å². The molecule has 0 N–H and O–H groups in total. The number of urea groups is 1. The summed E-state index contributed by atoms with van der Waals surface area (Å²) in [6.45, 7) is 0.219. The Bertz CT molecular complexity index is 214. The van der Waals surface area contributed by atoms with Crippen molar-refractivity contribution in [2.75, 3.05) is 13.2 Å². The number of carbonyl (C=O) groups is 1. The van der Waals surface area contributed by atoms with Gasteiger partial charge >= 0.3 is 6.03 Å². The summed E-state index contributed by atoms with van der Waals surface area (Å²) in [6, 6.07) is -0.141. The predicted molar refractivity (Wildman–Crippen MR) is 45.7 cm³/mol. The summed E-state index contributed by atoms with van der Waals surface area (Å²) in [5.41, 5.74) is 0. The maximum absolute atomic E-state index is 12.4. The molecule has 2 bridgehead atoms. The Kier molecular flexibility index (Phi) is 1.90. The Balaban J connectivity index is 2.17. The van der Waals surface area contributed by atoms with Crippen molar-refractivity contribution in [3.05, 3.63) is 0 Å². The van der Waals surface area contributed by atoms with Crippen molar-refractivity contribution in [2.45, 2.75) is 24.9 Å². The van der Waals surface area contributed by atoms with Crippen LogP contribution < -0.4 is 0 Å². The fourth-order valence-electron chi connectivity index (χ4n) is 1.89. The summed E-state index contributed by atoms with van der Waals surface area (Å²) in [7, 11) is 0. The van der Waals surface area contributed by atoms with Crippen LogP contribution in [0.15, 0.2) is 0 Å². The van der Waals surface area contributed by atoms with Gasteiger partial charge in [-0.2, -0.15) is 0 Å². The molecule has 68 valence electrons. The van der Waals surface area contributed by atoms with E-state index in [1.54, 1.807) is 4.90 Å². The Hall–Kier alpha value is -0.450. The number of carbonyl (C=O) groups excluding carboxylic acids is 1. The molecule has 0 aromatic rings. The lowest BCUT2D eigenvalue weighted by Crippen LogP contribution is -2.41. The maximum Gasteiger partial charge on any atom is 0.330 e. The summed E-state index contributed by atoms with van der Waals surface area (Å²) in [5.74, 6) is 0. The zero-order valence-electron chi connectivity index (χ0n) is 6.61. The van der Waals surface area contributed by atoms with E-state index in [1.165, 1.54) is 4.31 Å². The predicted octanol–water partition coefficient (Wildman–Crippen LogP) is 1.07. The van der Waals surface area contributed by atoms with E-state index >= 15 is 0 Å². The smallest absolute Gasteiger partial charge is 0.316 e. The van der Waals surface area contributed by atoms with Gasteiger partial charge in [0.2, 0.25) is 0 Å². The van der Waals surface area contributed by atoms with Gasteiger partial charge in [-0.15, -0.1) is 0 Å². The molecule has 2 rings (SSSR count). The standard InChI is InChI=1S/C7H11FN2OS/c8-3-5-1-2-6-4-9(5)7(11)10(6)12/h5-6,12H,1-4H2/t5-,6+/m0/s1. The Morgan fingerprint density at radius 3 is 3.00 bits per heavy atom. The van der Waals surface area contributed by atoms with E-state index in [2.05, 4.69) is 12.8 Å².